The van der Waals surface area contributed by atoms with E-state index in [1.165, 1.54) is 12.8 Å². The minimum atomic E-state index is -0.251. The van der Waals surface area contributed by atoms with E-state index in [2.05, 4.69) is 27.1 Å². The van der Waals surface area contributed by atoms with E-state index in [0.29, 0.717) is 28.3 Å². The van der Waals surface area contributed by atoms with Crippen LogP contribution in [0.5, 0.6) is 0 Å². The lowest BCUT2D eigenvalue weighted by Gasteiger charge is -2.36. The van der Waals surface area contributed by atoms with Crippen molar-refractivity contribution in [3.8, 4) is 0 Å². The van der Waals surface area contributed by atoms with E-state index in [4.69, 9.17) is 11.6 Å². The number of hydrogen-bond acceptors (Lipinski definition) is 4. The molecule has 1 aromatic heterocycles. The summed E-state index contributed by atoms with van der Waals surface area (Å²) < 4.78 is 0. The van der Waals surface area contributed by atoms with E-state index in [1.54, 1.807) is 30.3 Å². The van der Waals surface area contributed by atoms with Gasteiger partial charge in [0.25, 0.3) is 5.91 Å². The molecule has 5 nitrogen and oxygen atoms in total. The maximum atomic E-state index is 12.6. The molecule has 0 spiro atoms. The summed E-state index contributed by atoms with van der Waals surface area (Å²) in [4.78, 5) is 23.8. The highest BCUT2D eigenvalue weighted by Gasteiger charge is 2.23. The summed E-state index contributed by atoms with van der Waals surface area (Å²) in [5, 5.41) is 3.43. The van der Waals surface area contributed by atoms with Gasteiger partial charge in [0.2, 0.25) is 0 Å². The molecule has 1 saturated heterocycles. The zero-order valence-corrected chi connectivity index (χ0v) is 15.4. The van der Waals surface area contributed by atoms with E-state index in [9.17, 15) is 4.79 Å². The molecule has 0 bridgehead atoms. The van der Waals surface area contributed by atoms with Crippen molar-refractivity contribution in [3.05, 3.63) is 46.9 Å². The third-order valence-corrected chi connectivity index (χ3v) is 4.77. The molecule has 0 saturated carbocycles. The zero-order chi connectivity index (χ0) is 17.8. The molecular formula is C19H23ClN4O. The lowest BCUT2D eigenvalue weighted by molar-refractivity contribution is 0.102. The minimum Gasteiger partial charge on any atom is -0.354 e. The monoisotopic (exact) mass is 358 g/mol. The number of halogens is 1. The Labute approximate surface area is 153 Å². The topological polar surface area (TPSA) is 58.1 Å². The first-order chi connectivity index (χ1) is 12.1. The van der Waals surface area contributed by atoms with E-state index >= 15 is 0 Å². The molecule has 1 amide bonds. The van der Waals surface area contributed by atoms with Crippen molar-refractivity contribution < 1.29 is 4.79 Å². The van der Waals surface area contributed by atoms with Gasteiger partial charge in [-0.1, -0.05) is 24.6 Å². The fourth-order valence-electron chi connectivity index (χ4n) is 3.30. The molecule has 1 aliphatic heterocycles. The molecule has 3 rings (SSSR count). The summed E-state index contributed by atoms with van der Waals surface area (Å²) in [5.74, 6) is 1.20. The van der Waals surface area contributed by atoms with Crippen LogP contribution in [0.3, 0.4) is 0 Å². The van der Waals surface area contributed by atoms with Crippen molar-refractivity contribution in [2.75, 3.05) is 16.8 Å². The van der Waals surface area contributed by atoms with E-state index in [-0.39, 0.29) is 5.91 Å². The summed E-state index contributed by atoms with van der Waals surface area (Å²) in [6.07, 6.45) is 4.65. The number of aromatic nitrogens is 2. The van der Waals surface area contributed by atoms with Crippen molar-refractivity contribution in [2.24, 2.45) is 0 Å². The number of amides is 1. The van der Waals surface area contributed by atoms with Gasteiger partial charge in [0.1, 0.15) is 17.3 Å². The normalized spacial score (nSPS) is 17.4. The van der Waals surface area contributed by atoms with Crippen LogP contribution in [0, 0.1) is 6.92 Å². The Morgan fingerprint density at radius 1 is 1.32 bits per heavy atom. The van der Waals surface area contributed by atoms with Crippen LogP contribution in [0.25, 0.3) is 0 Å². The van der Waals surface area contributed by atoms with Crippen LogP contribution in [-0.2, 0) is 0 Å². The molecule has 25 heavy (non-hydrogen) atoms. The SMILES string of the molecule is CCC1CCCCN1c1cc(C(=O)Nc2cccc(Cl)c2)nc(C)n1. The molecule has 2 aromatic rings. The molecular weight excluding hydrogens is 336 g/mol. The van der Waals surface area contributed by atoms with E-state index in [1.807, 2.05) is 6.92 Å². The number of piperidine rings is 1. The van der Waals surface area contributed by atoms with Gasteiger partial charge in [0, 0.05) is 29.4 Å². The number of benzene rings is 1. The number of carbonyl (C=O) groups is 1. The molecule has 1 unspecified atom stereocenters. The Bertz CT molecular complexity index is 765. The molecule has 132 valence electrons. The van der Waals surface area contributed by atoms with Gasteiger partial charge < -0.3 is 10.2 Å². The number of hydrogen-bond donors (Lipinski definition) is 1. The summed E-state index contributed by atoms with van der Waals surface area (Å²) >= 11 is 5.97. The predicted octanol–water partition coefficient (Wildman–Crippen LogP) is 4.46. The molecule has 1 aromatic carbocycles. The molecule has 1 aliphatic rings. The fourth-order valence-corrected chi connectivity index (χ4v) is 3.49. The molecule has 1 N–H and O–H groups in total. The number of nitrogens with one attached hydrogen (secondary N) is 1. The number of carbonyl (C=O) groups excluding carboxylic acids is 1. The van der Waals surface area contributed by atoms with Crippen molar-refractivity contribution in [2.45, 2.75) is 45.6 Å². The Hall–Kier alpha value is -2.14. The lowest BCUT2D eigenvalue weighted by atomic mass is 10.00. The molecule has 2 heterocycles. The second kappa shape index (κ2) is 7.83. The van der Waals surface area contributed by atoms with Gasteiger partial charge in [0.15, 0.2) is 0 Å². The Balaban J connectivity index is 1.84. The number of nitrogens with zero attached hydrogens (tertiary/aromatic N) is 3. The van der Waals surface area contributed by atoms with Crippen LogP contribution < -0.4 is 10.2 Å². The van der Waals surface area contributed by atoms with E-state index in [0.717, 1.165) is 25.2 Å². The number of anilines is 2. The smallest absolute Gasteiger partial charge is 0.274 e. The first kappa shape index (κ1) is 17.7. The molecule has 1 atom stereocenters. The zero-order valence-electron chi connectivity index (χ0n) is 14.6. The average Bonchev–Trinajstić information content (AvgIpc) is 2.61. The first-order valence-electron chi connectivity index (χ1n) is 8.76. The van der Waals surface area contributed by atoms with Gasteiger partial charge in [-0.15, -0.1) is 0 Å². The van der Waals surface area contributed by atoms with Crippen molar-refractivity contribution >= 4 is 29.0 Å². The van der Waals surface area contributed by atoms with E-state index < -0.39 is 0 Å². The molecule has 0 radical (unpaired) electrons. The van der Waals surface area contributed by atoms with Gasteiger partial charge in [-0.3, -0.25) is 4.79 Å². The van der Waals surface area contributed by atoms with Gasteiger partial charge in [-0.05, 0) is 50.8 Å². The predicted molar refractivity (Wildman–Crippen MR) is 101 cm³/mol. The van der Waals surface area contributed by atoms with Crippen LogP contribution in [-0.4, -0.2) is 28.5 Å². The minimum absolute atomic E-state index is 0.251. The Morgan fingerprint density at radius 3 is 2.92 bits per heavy atom. The third-order valence-electron chi connectivity index (χ3n) is 4.53. The fraction of sp³-hybridized carbons (Fsp3) is 0.421. The maximum Gasteiger partial charge on any atom is 0.274 e. The number of aryl methyl sites for hydroxylation is 1. The lowest BCUT2D eigenvalue weighted by Crippen LogP contribution is -2.40. The largest absolute Gasteiger partial charge is 0.354 e. The average molecular weight is 359 g/mol. The van der Waals surface area contributed by atoms with Crippen LogP contribution >= 0.6 is 11.6 Å². The third kappa shape index (κ3) is 4.28. The van der Waals surface area contributed by atoms with Crippen LogP contribution in [0.1, 0.15) is 48.9 Å². The van der Waals surface area contributed by atoms with Gasteiger partial charge in [0.05, 0.1) is 0 Å². The summed E-state index contributed by atoms with van der Waals surface area (Å²) in [6.45, 7) is 5.00. The second-order valence-electron chi connectivity index (χ2n) is 6.37. The highest BCUT2D eigenvalue weighted by Crippen LogP contribution is 2.26. The Morgan fingerprint density at radius 2 is 2.16 bits per heavy atom. The molecule has 6 heteroatoms. The van der Waals surface area contributed by atoms with Gasteiger partial charge in [-0.2, -0.15) is 0 Å². The van der Waals surface area contributed by atoms with Gasteiger partial charge in [-0.25, -0.2) is 9.97 Å². The summed E-state index contributed by atoms with van der Waals surface area (Å²) in [6, 6.07) is 9.36. The highest BCUT2D eigenvalue weighted by molar-refractivity contribution is 6.30. The highest BCUT2D eigenvalue weighted by atomic mass is 35.5. The van der Waals surface area contributed by atoms with Crippen molar-refractivity contribution in [1.82, 2.24) is 9.97 Å². The number of rotatable bonds is 4. The summed E-state index contributed by atoms with van der Waals surface area (Å²) in [7, 11) is 0. The van der Waals surface area contributed by atoms with Crippen LogP contribution in [0.2, 0.25) is 5.02 Å². The maximum absolute atomic E-state index is 12.6. The summed E-state index contributed by atoms with van der Waals surface area (Å²) in [5.41, 5.74) is 1.03. The van der Waals surface area contributed by atoms with Crippen molar-refractivity contribution in [1.29, 1.82) is 0 Å². The van der Waals surface area contributed by atoms with Crippen molar-refractivity contribution in [3.63, 3.8) is 0 Å². The molecule has 1 fully saturated rings. The molecule has 0 aliphatic carbocycles. The van der Waals surface area contributed by atoms with Crippen LogP contribution in [0.4, 0.5) is 11.5 Å². The quantitative estimate of drug-likeness (QED) is 0.876. The second-order valence-corrected chi connectivity index (χ2v) is 6.81. The standard InChI is InChI=1S/C19H23ClN4O/c1-3-16-9-4-5-10-24(16)18-12-17(21-13(2)22-18)19(25)23-15-8-6-7-14(20)11-15/h6-8,11-12,16H,3-5,9-10H2,1-2H3,(H,23,25). The Kier molecular flexibility index (Phi) is 5.53. The van der Waals surface area contributed by atoms with Crippen LogP contribution in [0.15, 0.2) is 30.3 Å². The first-order valence-corrected chi connectivity index (χ1v) is 9.14. The van der Waals surface area contributed by atoms with Gasteiger partial charge >= 0.3 is 0 Å².